The summed E-state index contributed by atoms with van der Waals surface area (Å²) < 4.78 is 4.45. The quantitative estimate of drug-likeness (QED) is 0.675. The number of benzene rings is 1. The predicted octanol–water partition coefficient (Wildman–Crippen LogP) is 1.92. The number of nitrogens with zero attached hydrogens (tertiary/aromatic N) is 1. The zero-order valence-corrected chi connectivity index (χ0v) is 12.7. The van der Waals surface area contributed by atoms with Gasteiger partial charge in [-0.2, -0.15) is 0 Å². The second-order valence-electron chi connectivity index (χ2n) is 4.44. The first-order valence-electron chi connectivity index (χ1n) is 6.43. The van der Waals surface area contributed by atoms with Gasteiger partial charge >= 0.3 is 5.97 Å². The number of carbonyl (C=O) groups is 2. The molecule has 110 valence electrons. The predicted molar refractivity (Wildman–Crippen MR) is 82.2 cm³/mol. The lowest BCUT2D eigenvalue weighted by molar-refractivity contribution is -0.140. The zero-order valence-electron chi connectivity index (χ0n) is 11.9. The number of amides is 1. The third-order valence-electron chi connectivity index (χ3n) is 2.91. The topological polar surface area (TPSA) is 68.3 Å². The highest BCUT2D eigenvalue weighted by molar-refractivity contribution is 7.99. The number of esters is 1. The van der Waals surface area contributed by atoms with Crippen LogP contribution in [-0.4, -0.2) is 36.3 Å². The number of para-hydroxylation sites is 1. The number of ether oxygens (including phenoxy) is 1. The third kappa shape index (κ3) is 4.19. The van der Waals surface area contributed by atoms with Crippen LogP contribution in [0.1, 0.15) is 5.56 Å². The fourth-order valence-electron chi connectivity index (χ4n) is 1.83. The minimum Gasteiger partial charge on any atom is -0.468 e. The number of hydrogen-bond acceptors (Lipinski definition) is 5. The van der Waals surface area contributed by atoms with Crippen LogP contribution in [0.5, 0.6) is 0 Å². The number of carbonyl (C=O) groups excluding carboxylic acids is 2. The minimum absolute atomic E-state index is 0.111. The highest BCUT2D eigenvalue weighted by atomic mass is 32.2. The van der Waals surface area contributed by atoms with Crippen molar-refractivity contribution in [1.29, 1.82) is 0 Å². The minimum atomic E-state index is -0.465. The number of methoxy groups -OCH3 is 1. The van der Waals surface area contributed by atoms with Crippen molar-refractivity contribution in [3.63, 3.8) is 0 Å². The number of aryl methyl sites for hydroxylation is 1. The molecule has 0 aliphatic heterocycles. The highest BCUT2D eigenvalue weighted by Crippen LogP contribution is 2.23. The average Bonchev–Trinajstić information content (AvgIpc) is 2.50. The Balaban J connectivity index is 1.97. The molecule has 0 unspecified atom stereocenters. The third-order valence-corrected chi connectivity index (χ3v) is 3.82. The van der Waals surface area contributed by atoms with E-state index < -0.39 is 5.97 Å². The van der Waals surface area contributed by atoms with Gasteiger partial charge in [-0.15, -0.1) is 0 Å². The van der Waals surface area contributed by atoms with Crippen molar-refractivity contribution < 1.29 is 14.3 Å². The van der Waals surface area contributed by atoms with Gasteiger partial charge in [-0.25, -0.2) is 4.98 Å². The molecule has 0 spiro atoms. The van der Waals surface area contributed by atoms with E-state index in [2.05, 4.69) is 15.0 Å². The van der Waals surface area contributed by atoms with E-state index in [0.29, 0.717) is 0 Å². The maximum Gasteiger partial charge on any atom is 0.325 e. The lowest BCUT2D eigenvalue weighted by Crippen LogP contribution is -2.31. The van der Waals surface area contributed by atoms with E-state index in [9.17, 15) is 9.59 Å². The molecule has 1 heterocycles. The van der Waals surface area contributed by atoms with Gasteiger partial charge in [0.2, 0.25) is 5.91 Å². The largest absolute Gasteiger partial charge is 0.468 e. The van der Waals surface area contributed by atoms with Crippen LogP contribution in [0.3, 0.4) is 0 Å². The molecule has 1 amide bonds. The summed E-state index contributed by atoms with van der Waals surface area (Å²) in [6.45, 7) is 1.91. The maximum atomic E-state index is 11.6. The first-order chi connectivity index (χ1) is 10.1. The van der Waals surface area contributed by atoms with E-state index in [1.807, 2.05) is 37.3 Å². The summed E-state index contributed by atoms with van der Waals surface area (Å²) in [4.78, 5) is 27.1. The molecule has 0 fully saturated rings. The Bertz CT molecular complexity index is 673. The second-order valence-corrected chi connectivity index (χ2v) is 5.43. The van der Waals surface area contributed by atoms with Gasteiger partial charge in [0.25, 0.3) is 0 Å². The first kappa shape index (κ1) is 15.3. The molecule has 0 aliphatic carbocycles. The molecule has 2 rings (SSSR count). The van der Waals surface area contributed by atoms with Gasteiger partial charge in [0.05, 0.1) is 23.4 Å². The molecule has 0 radical (unpaired) electrons. The van der Waals surface area contributed by atoms with Crippen molar-refractivity contribution >= 4 is 34.5 Å². The lowest BCUT2D eigenvalue weighted by Gasteiger charge is -2.06. The summed E-state index contributed by atoms with van der Waals surface area (Å²) in [5.41, 5.74) is 2.04. The van der Waals surface area contributed by atoms with Crippen molar-refractivity contribution in [2.24, 2.45) is 0 Å². The fourth-order valence-corrected chi connectivity index (χ4v) is 2.63. The average molecular weight is 304 g/mol. The van der Waals surface area contributed by atoms with Crippen LogP contribution >= 0.6 is 11.8 Å². The summed E-state index contributed by atoms with van der Waals surface area (Å²) in [6, 6.07) is 9.84. The smallest absolute Gasteiger partial charge is 0.325 e. The van der Waals surface area contributed by atoms with Crippen molar-refractivity contribution in [2.45, 2.75) is 11.9 Å². The zero-order chi connectivity index (χ0) is 15.2. The van der Waals surface area contributed by atoms with E-state index in [-0.39, 0.29) is 18.2 Å². The SMILES string of the molecule is COC(=O)CNC(=O)CSc1cc(C)c2ccccc2n1. The standard InChI is InChI=1S/C15H16N2O3S/c1-10-7-14(17-12-6-4-3-5-11(10)12)21-9-13(18)16-8-15(19)20-2/h3-7H,8-9H2,1-2H3,(H,16,18). The molecular weight excluding hydrogens is 288 g/mol. The van der Waals surface area contributed by atoms with Crippen LogP contribution < -0.4 is 5.32 Å². The highest BCUT2D eigenvalue weighted by Gasteiger charge is 2.08. The van der Waals surface area contributed by atoms with Crippen LogP contribution in [0.2, 0.25) is 0 Å². The Morgan fingerprint density at radius 1 is 1.33 bits per heavy atom. The van der Waals surface area contributed by atoms with Crippen molar-refractivity contribution in [3.05, 3.63) is 35.9 Å². The first-order valence-corrected chi connectivity index (χ1v) is 7.41. The Morgan fingerprint density at radius 3 is 2.86 bits per heavy atom. The van der Waals surface area contributed by atoms with Gasteiger partial charge in [0, 0.05) is 5.39 Å². The Kier molecular flexibility index (Phi) is 5.16. The maximum absolute atomic E-state index is 11.6. The van der Waals surface area contributed by atoms with E-state index in [0.717, 1.165) is 21.5 Å². The number of aromatic nitrogens is 1. The van der Waals surface area contributed by atoms with E-state index in [1.54, 1.807) is 0 Å². The number of rotatable bonds is 5. The van der Waals surface area contributed by atoms with Crippen molar-refractivity contribution in [2.75, 3.05) is 19.4 Å². The van der Waals surface area contributed by atoms with Gasteiger partial charge in [-0.3, -0.25) is 9.59 Å². The summed E-state index contributed by atoms with van der Waals surface area (Å²) >= 11 is 1.34. The number of thioether (sulfide) groups is 1. The van der Waals surface area contributed by atoms with Gasteiger partial charge in [0.15, 0.2) is 0 Å². The monoisotopic (exact) mass is 304 g/mol. The Labute approximate surface area is 127 Å². The lowest BCUT2D eigenvalue weighted by atomic mass is 10.1. The normalized spacial score (nSPS) is 10.4. The van der Waals surface area contributed by atoms with Gasteiger partial charge in [0.1, 0.15) is 6.54 Å². The molecule has 0 bridgehead atoms. The molecule has 1 aromatic carbocycles. The molecule has 1 N–H and O–H groups in total. The second kappa shape index (κ2) is 7.08. The molecule has 21 heavy (non-hydrogen) atoms. The fraction of sp³-hybridized carbons (Fsp3) is 0.267. The van der Waals surface area contributed by atoms with Gasteiger partial charge < -0.3 is 10.1 Å². The molecule has 0 aliphatic rings. The van der Waals surface area contributed by atoms with E-state index in [1.165, 1.54) is 18.9 Å². The molecule has 0 saturated heterocycles. The molecule has 1 aromatic heterocycles. The molecule has 0 atom stereocenters. The van der Waals surface area contributed by atoms with Crippen molar-refractivity contribution in [1.82, 2.24) is 10.3 Å². The summed E-state index contributed by atoms with van der Waals surface area (Å²) in [5, 5.41) is 4.39. The van der Waals surface area contributed by atoms with Crippen molar-refractivity contribution in [3.8, 4) is 0 Å². The number of pyridine rings is 1. The Morgan fingerprint density at radius 2 is 2.10 bits per heavy atom. The molecule has 0 saturated carbocycles. The van der Waals surface area contributed by atoms with Crippen LogP contribution in [0, 0.1) is 6.92 Å². The summed E-state index contributed by atoms with van der Waals surface area (Å²) in [6.07, 6.45) is 0. The molecule has 5 nitrogen and oxygen atoms in total. The molecule has 2 aromatic rings. The van der Waals surface area contributed by atoms with E-state index >= 15 is 0 Å². The van der Waals surface area contributed by atoms with Crippen LogP contribution in [0.15, 0.2) is 35.4 Å². The number of hydrogen-bond donors (Lipinski definition) is 1. The summed E-state index contributed by atoms with van der Waals surface area (Å²) in [5.74, 6) is -0.479. The van der Waals surface area contributed by atoms with Crippen LogP contribution in [0.4, 0.5) is 0 Å². The number of fused-ring (bicyclic) bond motifs is 1. The van der Waals surface area contributed by atoms with Crippen LogP contribution in [0.25, 0.3) is 10.9 Å². The molecular formula is C15H16N2O3S. The summed E-state index contributed by atoms with van der Waals surface area (Å²) in [7, 11) is 1.28. The van der Waals surface area contributed by atoms with E-state index in [4.69, 9.17) is 0 Å². The van der Waals surface area contributed by atoms with Gasteiger partial charge in [-0.1, -0.05) is 30.0 Å². The Hall–Kier alpha value is -2.08. The van der Waals surface area contributed by atoms with Crippen LogP contribution in [-0.2, 0) is 14.3 Å². The molecule has 6 heteroatoms. The number of nitrogens with one attached hydrogen (secondary N) is 1. The van der Waals surface area contributed by atoms with Gasteiger partial charge in [-0.05, 0) is 24.6 Å².